The highest BCUT2D eigenvalue weighted by Crippen LogP contribution is 2.28. The molecule has 1 saturated heterocycles. The summed E-state index contributed by atoms with van der Waals surface area (Å²) in [5.74, 6) is 2.83. The molecule has 2 aliphatic rings. The molecule has 1 fully saturated rings. The molecule has 0 aliphatic carbocycles. The van der Waals surface area contributed by atoms with Crippen LogP contribution in [0, 0.1) is 5.92 Å². The molecule has 2 aromatic rings. The maximum atomic E-state index is 5.82. The average Bonchev–Trinajstić information content (AvgIpc) is 3.10. The lowest BCUT2D eigenvalue weighted by Gasteiger charge is -2.37. The van der Waals surface area contributed by atoms with Crippen molar-refractivity contribution in [2.45, 2.75) is 38.8 Å². The van der Waals surface area contributed by atoms with Gasteiger partial charge in [0.1, 0.15) is 11.6 Å². The summed E-state index contributed by atoms with van der Waals surface area (Å²) in [4.78, 5) is 11.3. The molecule has 0 amide bonds. The van der Waals surface area contributed by atoms with Crippen LogP contribution in [0.2, 0.25) is 0 Å². The third-order valence-electron chi connectivity index (χ3n) is 5.61. The Kier molecular flexibility index (Phi) is 5.51. The minimum atomic E-state index is 0.376. The molecule has 4 rings (SSSR count). The molecule has 0 N–H and O–H groups in total. The number of pyridine rings is 1. The first-order valence-corrected chi connectivity index (χ1v) is 9.70. The van der Waals surface area contributed by atoms with E-state index >= 15 is 0 Å². The van der Waals surface area contributed by atoms with Crippen molar-refractivity contribution in [2.75, 3.05) is 32.9 Å². The molecule has 2 aliphatic heterocycles. The van der Waals surface area contributed by atoms with Gasteiger partial charge in [-0.15, -0.1) is 0 Å². The highest BCUT2D eigenvalue weighted by Gasteiger charge is 2.29. The Labute approximate surface area is 155 Å². The second kappa shape index (κ2) is 8.18. The van der Waals surface area contributed by atoms with Crippen molar-refractivity contribution in [3.05, 3.63) is 42.2 Å². The summed E-state index contributed by atoms with van der Waals surface area (Å²) in [6.45, 7) is 8.07. The number of fused-ring (bicyclic) bond motifs is 1. The summed E-state index contributed by atoms with van der Waals surface area (Å²) in [6.07, 6.45) is 8.79. The molecule has 0 radical (unpaired) electrons. The van der Waals surface area contributed by atoms with E-state index in [2.05, 4.69) is 21.4 Å². The van der Waals surface area contributed by atoms with E-state index in [9.17, 15) is 0 Å². The van der Waals surface area contributed by atoms with Crippen molar-refractivity contribution in [3.8, 4) is 5.75 Å². The minimum Gasteiger partial charge on any atom is -0.493 e. The Morgan fingerprint density at radius 2 is 2.00 bits per heavy atom. The van der Waals surface area contributed by atoms with Crippen molar-refractivity contribution < 1.29 is 9.47 Å². The first kappa shape index (κ1) is 17.5. The van der Waals surface area contributed by atoms with Gasteiger partial charge in [-0.25, -0.2) is 4.98 Å². The van der Waals surface area contributed by atoms with E-state index in [1.165, 1.54) is 24.4 Å². The molecule has 6 heteroatoms. The molecule has 0 saturated carbocycles. The maximum absolute atomic E-state index is 5.82. The fourth-order valence-corrected chi connectivity index (χ4v) is 4.02. The topological polar surface area (TPSA) is 52.4 Å². The van der Waals surface area contributed by atoms with Crippen molar-refractivity contribution in [1.82, 2.24) is 19.4 Å². The van der Waals surface area contributed by atoms with Crippen LogP contribution in [0.15, 0.2) is 30.7 Å². The number of nitrogens with zero attached hydrogens (tertiary/aromatic N) is 4. The SMILES string of the molecule is CC1c2ncc(CCOc3ccncc3)n2CCN1CC1CCOCC1. The van der Waals surface area contributed by atoms with Gasteiger partial charge in [0, 0.05) is 63.6 Å². The van der Waals surface area contributed by atoms with Crippen LogP contribution in [0.5, 0.6) is 5.75 Å². The quantitative estimate of drug-likeness (QED) is 0.797. The van der Waals surface area contributed by atoms with Crippen LogP contribution < -0.4 is 4.74 Å². The summed E-state index contributed by atoms with van der Waals surface area (Å²) in [6, 6.07) is 4.16. The predicted octanol–water partition coefficient (Wildman–Crippen LogP) is 2.70. The monoisotopic (exact) mass is 356 g/mol. The van der Waals surface area contributed by atoms with Crippen LogP contribution in [0.1, 0.15) is 37.3 Å². The lowest BCUT2D eigenvalue weighted by molar-refractivity contribution is 0.0409. The Bertz CT molecular complexity index is 697. The molecule has 2 aromatic heterocycles. The maximum Gasteiger partial charge on any atom is 0.126 e. The highest BCUT2D eigenvalue weighted by atomic mass is 16.5. The Morgan fingerprint density at radius 3 is 2.81 bits per heavy atom. The Balaban J connectivity index is 1.34. The summed E-state index contributed by atoms with van der Waals surface area (Å²) >= 11 is 0. The zero-order valence-corrected chi connectivity index (χ0v) is 15.5. The van der Waals surface area contributed by atoms with Gasteiger partial charge >= 0.3 is 0 Å². The number of imidazole rings is 1. The molecular weight excluding hydrogens is 328 g/mol. The number of ether oxygens (including phenoxy) is 2. The molecule has 0 spiro atoms. The fourth-order valence-electron chi connectivity index (χ4n) is 4.02. The number of rotatable bonds is 6. The van der Waals surface area contributed by atoms with Gasteiger partial charge in [-0.3, -0.25) is 9.88 Å². The van der Waals surface area contributed by atoms with Crippen molar-refractivity contribution in [2.24, 2.45) is 5.92 Å². The lowest BCUT2D eigenvalue weighted by Crippen LogP contribution is -2.41. The Morgan fingerprint density at radius 1 is 1.19 bits per heavy atom. The summed E-state index contributed by atoms with van der Waals surface area (Å²) in [5, 5.41) is 0. The van der Waals surface area contributed by atoms with Gasteiger partial charge in [0.05, 0.1) is 12.6 Å². The van der Waals surface area contributed by atoms with Gasteiger partial charge in [-0.05, 0) is 37.8 Å². The third-order valence-corrected chi connectivity index (χ3v) is 5.61. The molecule has 140 valence electrons. The summed E-state index contributed by atoms with van der Waals surface area (Å²) in [5.41, 5.74) is 1.27. The highest BCUT2D eigenvalue weighted by molar-refractivity contribution is 5.17. The van der Waals surface area contributed by atoms with Gasteiger partial charge in [0.25, 0.3) is 0 Å². The van der Waals surface area contributed by atoms with Crippen LogP contribution >= 0.6 is 0 Å². The van der Waals surface area contributed by atoms with Crippen LogP contribution in [0.4, 0.5) is 0 Å². The number of hydrogen-bond donors (Lipinski definition) is 0. The second-order valence-corrected chi connectivity index (χ2v) is 7.27. The zero-order valence-electron chi connectivity index (χ0n) is 15.5. The van der Waals surface area contributed by atoms with E-state index < -0.39 is 0 Å². The predicted molar refractivity (Wildman–Crippen MR) is 99.2 cm³/mol. The second-order valence-electron chi connectivity index (χ2n) is 7.27. The van der Waals surface area contributed by atoms with E-state index in [0.29, 0.717) is 12.6 Å². The Hall–Kier alpha value is -1.92. The van der Waals surface area contributed by atoms with E-state index in [-0.39, 0.29) is 0 Å². The number of hydrogen-bond acceptors (Lipinski definition) is 5. The molecule has 26 heavy (non-hydrogen) atoms. The van der Waals surface area contributed by atoms with Gasteiger partial charge in [0.2, 0.25) is 0 Å². The van der Waals surface area contributed by atoms with Crippen molar-refractivity contribution in [3.63, 3.8) is 0 Å². The van der Waals surface area contributed by atoms with Gasteiger partial charge < -0.3 is 14.0 Å². The molecule has 0 aromatic carbocycles. The van der Waals surface area contributed by atoms with Crippen LogP contribution in [0.3, 0.4) is 0 Å². The van der Waals surface area contributed by atoms with Gasteiger partial charge in [-0.2, -0.15) is 0 Å². The molecule has 0 bridgehead atoms. The van der Waals surface area contributed by atoms with Gasteiger partial charge in [0.15, 0.2) is 0 Å². The fraction of sp³-hybridized carbons (Fsp3) is 0.600. The molecule has 1 atom stereocenters. The smallest absolute Gasteiger partial charge is 0.126 e. The third kappa shape index (κ3) is 3.91. The summed E-state index contributed by atoms with van der Waals surface area (Å²) in [7, 11) is 0. The molecule has 6 nitrogen and oxygen atoms in total. The van der Waals surface area contributed by atoms with E-state index in [4.69, 9.17) is 14.5 Å². The first-order chi connectivity index (χ1) is 12.8. The van der Waals surface area contributed by atoms with Crippen LogP contribution in [-0.2, 0) is 17.7 Å². The number of aromatic nitrogens is 3. The van der Waals surface area contributed by atoms with E-state index in [1.807, 2.05) is 18.3 Å². The molecule has 4 heterocycles. The standard InChI is InChI=1S/C20H28N4O2/c1-16-20-22-14-18(6-13-26-19-2-7-21-8-3-19)24(20)10-9-23(16)15-17-4-11-25-12-5-17/h2-3,7-8,14,16-17H,4-6,9-13,15H2,1H3. The van der Waals surface area contributed by atoms with Crippen molar-refractivity contribution in [1.29, 1.82) is 0 Å². The van der Waals surface area contributed by atoms with Crippen LogP contribution in [0.25, 0.3) is 0 Å². The van der Waals surface area contributed by atoms with Gasteiger partial charge in [-0.1, -0.05) is 0 Å². The van der Waals surface area contributed by atoms with E-state index in [1.54, 1.807) is 12.4 Å². The largest absolute Gasteiger partial charge is 0.493 e. The normalized spacial score (nSPS) is 21.5. The molecule has 1 unspecified atom stereocenters. The lowest BCUT2D eigenvalue weighted by atomic mass is 9.98. The van der Waals surface area contributed by atoms with Crippen LogP contribution in [-0.4, -0.2) is 52.3 Å². The van der Waals surface area contributed by atoms with Crippen molar-refractivity contribution >= 4 is 0 Å². The molecular formula is C20H28N4O2. The first-order valence-electron chi connectivity index (χ1n) is 9.70. The minimum absolute atomic E-state index is 0.376. The van der Waals surface area contributed by atoms with E-state index in [0.717, 1.165) is 50.9 Å². The average molecular weight is 356 g/mol. The summed E-state index contributed by atoms with van der Waals surface area (Å²) < 4.78 is 13.7. The zero-order chi connectivity index (χ0) is 17.8.